The number of benzene rings is 3. The molecule has 0 aliphatic heterocycles. The lowest BCUT2D eigenvalue weighted by Gasteiger charge is -2.31. The van der Waals surface area contributed by atoms with Gasteiger partial charge >= 0.3 is 0 Å². The van der Waals surface area contributed by atoms with Crippen molar-refractivity contribution in [2.24, 2.45) is 0 Å². The van der Waals surface area contributed by atoms with Crippen molar-refractivity contribution in [3.8, 4) is 11.5 Å². The van der Waals surface area contributed by atoms with Crippen LogP contribution in [0.5, 0.6) is 11.5 Å². The Hall–Kier alpha value is -4.36. The highest BCUT2D eigenvalue weighted by atomic mass is 35.5. The van der Waals surface area contributed by atoms with Crippen molar-refractivity contribution in [3.63, 3.8) is 0 Å². The molecule has 0 radical (unpaired) electrons. The lowest BCUT2D eigenvalue weighted by atomic mass is 10.0. The van der Waals surface area contributed by atoms with Gasteiger partial charge in [-0.1, -0.05) is 72.3 Å². The molecule has 4 rings (SSSR count). The molecule has 194 valence electrons. The zero-order chi connectivity index (χ0) is 26.7. The van der Waals surface area contributed by atoms with Crippen LogP contribution < -0.4 is 14.8 Å². The average molecular weight is 530 g/mol. The summed E-state index contributed by atoms with van der Waals surface area (Å²) in [5, 5.41) is 3.36. The molecule has 2 amide bonds. The van der Waals surface area contributed by atoms with Gasteiger partial charge in [0.15, 0.2) is 6.61 Å². The highest BCUT2D eigenvalue weighted by Crippen LogP contribution is 2.27. The number of carbonyl (C=O) groups excluding carboxylic acids is 2. The van der Waals surface area contributed by atoms with Crippen LogP contribution in [-0.2, 0) is 22.7 Å². The molecule has 1 N–H and O–H groups in total. The summed E-state index contributed by atoms with van der Waals surface area (Å²) in [7, 11) is 1.59. The van der Waals surface area contributed by atoms with Crippen LogP contribution in [0.3, 0.4) is 0 Å². The molecular weight excluding hydrogens is 502 g/mol. The van der Waals surface area contributed by atoms with Gasteiger partial charge in [0, 0.05) is 25.5 Å². The normalized spacial score (nSPS) is 11.3. The number of hydrogen-bond donors (Lipinski definition) is 1. The van der Waals surface area contributed by atoms with Crippen molar-refractivity contribution < 1.29 is 19.1 Å². The Morgan fingerprint density at radius 3 is 2.34 bits per heavy atom. The Morgan fingerprint density at radius 2 is 1.66 bits per heavy atom. The fourth-order valence-electron chi connectivity index (χ4n) is 3.93. The molecule has 0 spiro atoms. The number of carbonyl (C=O) groups is 2. The fraction of sp³-hybridized carbons (Fsp3) is 0.167. The minimum atomic E-state index is -0.905. The van der Waals surface area contributed by atoms with E-state index in [0.717, 1.165) is 11.1 Å². The van der Waals surface area contributed by atoms with Gasteiger partial charge in [0.05, 0.1) is 12.1 Å². The lowest BCUT2D eigenvalue weighted by molar-refractivity contribution is -0.143. The number of ether oxygens (including phenoxy) is 2. The smallest absolute Gasteiger partial charge is 0.261 e. The van der Waals surface area contributed by atoms with Crippen LogP contribution in [0.15, 0.2) is 103 Å². The fourth-order valence-corrected chi connectivity index (χ4v) is 4.12. The summed E-state index contributed by atoms with van der Waals surface area (Å²) in [4.78, 5) is 33.0. The Kier molecular flexibility index (Phi) is 9.32. The largest absolute Gasteiger partial charge is 0.497 e. The predicted molar refractivity (Wildman–Crippen MR) is 146 cm³/mol. The van der Waals surface area contributed by atoms with Crippen LogP contribution in [-0.4, -0.2) is 35.4 Å². The Balaban J connectivity index is 1.64. The van der Waals surface area contributed by atoms with Gasteiger partial charge in [-0.2, -0.15) is 0 Å². The average Bonchev–Trinajstić information content (AvgIpc) is 2.96. The number of pyridine rings is 1. The van der Waals surface area contributed by atoms with E-state index in [4.69, 9.17) is 21.1 Å². The van der Waals surface area contributed by atoms with Gasteiger partial charge in [-0.3, -0.25) is 14.6 Å². The molecule has 38 heavy (non-hydrogen) atoms. The van der Waals surface area contributed by atoms with Gasteiger partial charge in [0.1, 0.15) is 17.5 Å². The Bertz CT molecular complexity index is 1330. The quantitative estimate of drug-likeness (QED) is 0.288. The van der Waals surface area contributed by atoms with Crippen LogP contribution in [0.25, 0.3) is 0 Å². The second-order valence-electron chi connectivity index (χ2n) is 8.48. The number of aromatic nitrogens is 1. The lowest BCUT2D eigenvalue weighted by Crippen LogP contribution is -2.45. The molecule has 1 atom stereocenters. The topological polar surface area (TPSA) is 80.8 Å². The van der Waals surface area contributed by atoms with Crippen molar-refractivity contribution >= 4 is 23.4 Å². The number of hydrogen-bond acceptors (Lipinski definition) is 5. The van der Waals surface area contributed by atoms with Crippen molar-refractivity contribution in [2.75, 3.05) is 13.7 Å². The minimum absolute atomic E-state index is 0.175. The van der Waals surface area contributed by atoms with Crippen molar-refractivity contribution in [1.82, 2.24) is 15.2 Å². The highest BCUT2D eigenvalue weighted by Gasteiger charge is 2.32. The number of nitrogens with zero attached hydrogens (tertiary/aromatic N) is 2. The van der Waals surface area contributed by atoms with Gasteiger partial charge in [-0.25, -0.2) is 0 Å². The molecular formula is C30H28ClN3O4. The molecule has 0 saturated heterocycles. The van der Waals surface area contributed by atoms with Gasteiger partial charge < -0.3 is 19.7 Å². The third-order valence-corrected chi connectivity index (χ3v) is 6.20. The van der Waals surface area contributed by atoms with Crippen LogP contribution in [0.2, 0.25) is 5.02 Å². The Morgan fingerprint density at radius 1 is 0.921 bits per heavy atom. The van der Waals surface area contributed by atoms with Gasteiger partial charge in [0.25, 0.3) is 5.91 Å². The summed E-state index contributed by atoms with van der Waals surface area (Å²) in [6.07, 6.45) is 3.36. The second-order valence-corrected chi connectivity index (χ2v) is 8.89. The van der Waals surface area contributed by atoms with E-state index in [-0.39, 0.29) is 31.5 Å². The molecule has 0 aliphatic rings. The van der Waals surface area contributed by atoms with Gasteiger partial charge in [0.2, 0.25) is 5.91 Å². The maximum Gasteiger partial charge on any atom is 0.261 e. The summed E-state index contributed by atoms with van der Waals surface area (Å²) in [6.45, 7) is 0.157. The first kappa shape index (κ1) is 26.7. The number of para-hydroxylation sites is 1. The van der Waals surface area contributed by atoms with E-state index in [0.29, 0.717) is 22.1 Å². The summed E-state index contributed by atoms with van der Waals surface area (Å²) in [6, 6.07) is 26.3. The van der Waals surface area contributed by atoms with E-state index in [2.05, 4.69) is 10.3 Å². The first-order valence-corrected chi connectivity index (χ1v) is 12.4. The molecule has 8 heteroatoms. The molecule has 3 aromatic carbocycles. The SMILES string of the molecule is COc1ccc(CN(C(=O)COc2ccccc2Cl)C(C(=O)NCc2cccnc2)c2ccccc2)cc1. The van der Waals surface area contributed by atoms with Crippen LogP contribution in [0.1, 0.15) is 22.7 Å². The first-order valence-electron chi connectivity index (χ1n) is 12.1. The van der Waals surface area contributed by atoms with Crippen molar-refractivity contribution in [3.05, 3.63) is 125 Å². The van der Waals surface area contributed by atoms with E-state index in [1.165, 1.54) is 4.90 Å². The maximum atomic E-state index is 13.7. The molecule has 0 saturated carbocycles. The van der Waals surface area contributed by atoms with E-state index in [9.17, 15) is 9.59 Å². The number of methoxy groups -OCH3 is 1. The molecule has 0 aliphatic carbocycles. The summed E-state index contributed by atoms with van der Waals surface area (Å²) in [5.74, 6) is 0.400. The van der Waals surface area contributed by atoms with Gasteiger partial charge in [-0.05, 0) is 47.0 Å². The number of amides is 2. The number of nitrogens with one attached hydrogen (secondary N) is 1. The molecule has 4 aromatic rings. The second kappa shape index (κ2) is 13.3. The predicted octanol–water partition coefficient (Wildman–Crippen LogP) is 5.21. The molecule has 0 fully saturated rings. The first-order chi connectivity index (χ1) is 18.5. The van der Waals surface area contributed by atoms with Crippen LogP contribution >= 0.6 is 11.6 Å². The van der Waals surface area contributed by atoms with Crippen molar-refractivity contribution in [2.45, 2.75) is 19.1 Å². The third kappa shape index (κ3) is 7.11. The molecule has 7 nitrogen and oxygen atoms in total. The van der Waals surface area contributed by atoms with E-state index in [1.807, 2.05) is 66.7 Å². The van der Waals surface area contributed by atoms with Crippen LogP contribution in [0.4, 0.5) is 0 Å². The molecule has 1 unspecified atom stereocenters. The third-order valence-electron chi connectivity index (χ3n) is 5.88. The van der Waals surface area contributed by atoms with Crippen molar-refractivity contribution in [1.29, 1.82) is 0 Å². The zero-order valence-electron chi connectivity index (χ0n) is 20.9. The van der Waals surface area contributed by atoms with Crippen LogP contribution in [0, 0.1) is 0 Å². The monoisotopic (exact) mass is 529 g/mol. The summed E-state index contributed by atoms with van der Waals surface area (Å²) < 4.78 is 11.0. The summed E-state index contributed by atoms with van der Waals surface area (Å²) >= 11 is 6.22. The maximum absolute atomic E-state index is 13.7. The zero-order valence-corrected chi connectivity index (χ0v) is 21.7. The standard InChI is InChI=1S/C30H28ClN3O4/c1-37-25-15-13-22(14-16-25)20-34(28(35)21-38-27-12-6-5-11-26(27)31)29(24-9-3-2-4-10-24)30(36)33-19-23-8-7-17-32-18-23/h2-18,29H,19-21H2,1H3,(H,33,36). The summed E-state index contributed by atoms with van der Waals surface area (Å²) in [5.41, 5.74) is 2.36. The van der Waals surface area contributed by atoms with E-state index in [1.54, 1.807) is 43.8 Å². The molecule has 0 bridgehead atoms. The number of halogens is 1. The number of rotatable bonds is 11. The molecule has 1 heterocycles. The minimum Gasteiger partial charge on any atom is -0.497 e. The highest BCUT2D eigenvalue weighted by molar-refractivity contribution is 6.32. The van der Waals surface area contributed by atoms with E-state index >= 15 is 0 Å². The van der Waals surface area contributed by atoms with E-state index < -0.39 is 6.04 Å². The van der Waals surface area contributed by atoms with Gasteiger partial charge in [-0.15, -0.1) is 0 Å². The molecule has 1 aromatic heterocycles. The Labute approximate surface area is 227 Å².